The second-order valence-corrected chi connectivity index (χ2v) is 6.09. The predicted octanol–water partition coefficient (Wildman–Crippen LogP) is 3.33. The molecule has 1 aliphatic rings. The van der Waals surface area contributed by atoms with Gasteiger partial charge in [0.15, 0.2) is 23.1 Å². The number of ketones is 2. The molecule has 3 rings (SSSR count). The van der Waals surface area contributed by atoms with Crippen LogP contribution >= 0.6 is 0 Å². The van der Waals surface area contributed by atoms with Crippen LogP contribution in [0.2, 0.25) is 0 Å². The van der Waals surface area contributed by atoms with E-state index in [9.17, 15) is 9.59 Å². The van der Waals surface area contributed by atoms with Crippen molar-refractivity contribution in [1.82, 2.24) is 0 Å². The molecule has 0 saturated heterocycles. The number of hydrogen-bond donors (Lipinski definition) is 0. The summed E-state index contributed by atoms with van der Waals surface area (Å²) in [6.45, 7) is 0.766. The van der Waals surface area contributed by atoms with Crippen molar-refractivity contribution < 1.29 is 33.3 Å². The minimum absolute atomic E-state index is 0.0111. The van der Waals surface area contributed by atoms with Gasteiger partial charge in [0.1, 0.15) is 30.3 Å². The van der Waals surface area contributed by atoms with Crippen molar-refractivity contribution in [2.24, 2.45) is 0 Å². The van der Waals surface area contributed by atoms with Gasteiger partial charge in [-0.3, -0.25) is 9.59 Å². The Morgan fingerprint density at radius 2 is 1.57 bits per heavy atom. The molecule has 0 amide bonds. The monoisotopic (exact) mass is 386 g/mol. The quantitative estimate of drug-likeness (QED) is 0.644. The van der Waals surface area contributed by atoms with E-state index in [2.05, 4.69) is 0 Å². The molecule has 0 spiro atoms. The SMILES string of the molecule is COc1ccc(C(=O)CCC(=O)c2c(OC)cc3c(c2OC)OCCO3)cc1. The van der Waals surface area contributed by atoms with E-state index in [0.29, 0.717) is 41.8 Å². The lowest BCUT2D eigenvalue weighted by atomic mass is 9.99. The van der Waals surface area contributed by atoms with Crippen molar-refractivity contribution >= 4 is 11.6 Å². The Morgan fingerprint density at radius 1 is 0.893 bits per heavy atom. The van der Waals surface area contributed by atoms with Crippen LogP contribution in [0.15, 0.2) is 30.3 Å². The minimum atomic E-state index is -0.271. The molecule has 7 heteroatoms. The van der Waals surface area contributed by atoms with Crippen LogP contribution in [-0.2, 0) is 0 Å². The topological polar surface area (TPSA) is 80.3 Å². The Balaban J connectivity index is 1.80. The molecule has 1 aliphatic heterocycles. The average molecular weight is 386 g/mol. The summed E-state index contributed by atoms with van der Waals surface area (Å²) in [5.41, 5.74) is 0.770. The van der Waals surface area contributed by atoms with E-state index in [4.69, 9.17) is 23.7 Å². The van der Waals surface area contributed by atoms with Gasteiger partial charge in [0, 0.05) is 24.5 Å². The maximum Gasteiger partial charge on any atom is 0.204 e. The summed E-state index contributed by atoms with van der Waals surface area (Å²) in [6, 6.07) is 8.38. The molecule has 0 aliphatic carbocycles. The Hall–Kier alpha value is -3.22. The van der Waals surface area contributed by atoms with E-state index in [0.717, 1.165) is 0 Å². The zero-order valence-corrected chi connectivity index (χ0v) is 16.1. The predicted molar refractivity (Wildman–Crippen MR) is 101 cm³/mol. The molecular formula is C21H22O7. The van der Waals surface area contributed by atoms with Gasteiger partial charge in [0.25, 0.3) is 0 Å². The normalized spacial score (nSPS) is 12.2. The lowest BCUT2D eigenvalue weighted by molar-refractivity contribution is 0.0912. The fraction of sp³-hybridized carbons (Fsp3) is 0.333. The van der Waals surface area contributed by atoms with E-state index in [1.165, 1.54) is 14.2 Å². The fourth-order valence-electron chi connectivity index (χ4n) is 3.03. The summed E-state index contributed by atoms with van der Waals surface area (Å²) in [7, 11) is 4.47. The van der Waals surface area contributed by atoms with Crippen LogP contribution in [0.25, 0.3) is 0 Å². The van der Waals surface area contributed by atoms with Gasteiger partial charge in [-0.05, 0) is 24.3 Å². The molecule has 2 aromatic rings. The number of fused-ring (bicyclic) bond motifs is 1. The third-order valence-electron chi connectivity index (χ3n) is 4.45. The molecule has 0 saturated carbocycles. The molecule has 2 aromatic carbocycles. The van der Waals surface area contributed by atoms with Crippen molar-refractivity contribution in [2.75, 3.05) is 34.5 Å². The van der Waals surface area contributed by atoms with Crippen molar-refractivity contribution in [1.29, 1.82) is 0 Å². The highest BCUT2D eigenvalue weighted by Crippen LogP contribution is 2.47. The zero-order valence-electron chi connectivity index (χ0n) is 16.1. The van der Waals surface area contributed by atoms with E-state index < -0.39 is 0 Å². The van der Waals surface area contributed by atoms with Crippen LogP contribution in [0.3, 0.4) is 0 Å². The standard InChI is InChI=1S/C21H22O7/c1-24-14-6-4-13(5-7-14)15(22)8-9-16(23)19-17(25-2)12-18-20(21(19)26-3)28-11-10-27-18/h4-7,12H,8-11H2,1-3H3. The fourth-order valence-corrected chi connectivity index (χ4v) is 3.03. The smallest absolute Gasteiger partial charge is 0.204 e. The number of carbonyl (C=O) groups excluding carboxylic acids is 2. The molecule has 0 unspecified atom stereocenters. The molecule has 0 bridgehead atoms. The molecule has 28 heavy (non-hydrogen) atoms. The number of carbonyl (C=O) groups is 2. The zero-order chi connectivity index (χ0) is 20.1. The van der Waals surface area contributed by atoms with E-state index in [-0.39, 0.29) is 35.7 Å². The Kier molecular flexibility index (Phi) is 6.03. The van der Waals surface area contributed by atoms with Gasteiger partial charge in [-0.1, -0.05) is 0 Å². The molecule has 7 nitrogen and oxygen atoms in total. The molecular weight excluding hydrogens is 364 g/mol. The van der Waals surface area contributed by atoms with Gasteiger partial charge >= 0.3 is 0 Å². The van der Waals surface area contributed by atoms with Crippen molar-refractivity contribution in [3.05, 3.63) is 41.5 Å². The second-order valence-electron chi connectivity index (χ2n) is 6.09. The van der Waals surface area contributed by atoms with Gasteiger partial charge in [0.2, 0.25) is 5.75 Å². The minimum Gasteiger partial charge on any atom is -0.497 e. The van der Waals surface area contributed by atoms with Crippen molar-refractivity contribution in [2.45, 2.75) is 12.8 Å². The van der Waals surface area contributed by atoms with Gasteiger partial charge in [-0.15, -0.1) is 0 Å². The summed E-state index contributed by atoms with van der Waals surface area (Å²) in [5.74, 6) is 1.68. The first-order chi connectivity index (χ1) is 13.6. The molecule has 0 atom stereocenters. The van der Waals surface area contributed by atoms with E-state index in [1.807, 2.05) is 0 Å². The summed E-state index contributed by atoms with van der Waals surface area (Å²) in [5, 5.41) is 0. The van der Waals surface area contributed by atoms with Crippen LogP contribution < -0.4 is 23.7 Å². The molecule has 0 N–H and O–H groups in total. The van der Waals surface area contributed by atoms with Crippen LogP contribution in [0.4, 0.5) is 0 Å². The number of rotatable bonds is 8. The first kappa shape index (κ1) is 19.5. The average Bonchev–Trinajstić information content (AvgIpc) is 2.75. The van der Waals surface area contributed by atoms with Gasteiger partial charge in [0.05, 0.1) is 21.3 Å². The van der Waals surface area contributed by atoms with Crippen LogP contribution in [0.1, 0.15) is 33.6 Å². The highest BCUT2D eigenvalue weighted by atomic mass is 16.6. The van der Waals surface area contributed by atoms with Crippen LogP contribution in [-0.4, -0.2) is 46.1 Å². The Morgan fingerprint density at radius 3 is 2.21 bits per heavy atom. The van der Waals surface area contributed by atoms with Gasteiger partial charge in [-0.2, -0.15) is 0 Å². The Bertz CT molecular complexity index is 871. The summed E-state index contributed by atoms with van der Waals surface area (Å²) in [4.78, 5) is 25.3. The Labute approximate surface area is 163 Å². The molecule has 148 valence electrons. The maximum absolute atomic E-state index is 12.9. The third-order valence-corrected chi connectivity index (χ3v) is 4.45. The first-order valence-corrected chi connectivity index (χ1v) is 8.84. The third kappa shape index (κ3) is 3.88. The summed E-state index contributed by atoms with van der Waals surface area (Å²) >= 11 is 0. The van der Waals surface area contributed by atoms with Crippen molar-refractivity contribution in [3.8, 4) is 28.7 Å². The maximum atomic E-state index is 12.9. The summed E-state index contributed by atoms with van der Waals surface area (Å²) in [6.07, 6.45) is 0.0726. The highest BCUT2D eigenvalue weighted by molar-refractivity contribution is 6.06. The largest absolute Gasteiger partial charge is 0.497 e. The van der Waals surface area contributed by atoms with Crippen LogP contribution in [0, 0.1) is 0 Å². The number of ether oxygens (including phenoxy) is 5. The lowest BCUT2D eigenvalue weighted by Gasteiger charge is -2.23. The molecule has 0 aromatic heterocycles. The molecule has 0 fully saturated rings. The van der Waals surface area contributed by atoms with Gasteiger partial charge in [-0.25, -0.2) is 0 Å². The molecule has 1 heterocycles. The molecule has 0 radical (unpaired) electrons. The second kappa shape index (κ2) is 8.65. The van der Waals surface area contributed by atoms with Crippen LogP contribution in [0.5, 0.6) is 28.7 Å². The van der Waals surface area contributed by atoms with Gasteiger partial charge < -0.3 is 23.7 Å². The summed E-state index contributed by atoms with van der Waals surface area (Å²) < 4.78 is 27.0. The number of methoxy groups -OCH3 is 3. The van der Waals surface area contributed by atoms with E-state index >= 15 is 0 Å². The highest BCUT2D eigenvalue weighted by Gasteiger charge is 2.28. The number of Topliss-reactive ketones (excluding diaryl/α,β-unsaturated/α-hetero) is 2. The lowest BCUT2D eigenvalue weighted by Crippen LogP contribution is -2.18. The number of hydrogen-bond acceptors (Lipinski definition) is 7. The number of benzene rings is 2. The first-order valence-electron chi connectivity index (χ1n) is 8.84. The van der Waals surface area contributed by atoms with Crippen molar-refractivity contribution in [3.63, 3.8) is 0 Å². The van der Waals surface area contributed by atoms with E-state index in [1.54, 1.807) is 37.4 Å².